The zero-order chi connectivity index (χ0) is 12.6. The molecule has 1 saturated carbocycles. The van der Waals surface area contributed by atoms with Gasteiger partial charge in [-0.1, -0.05) is 0 Å². The van der Waals surface area contributed by atoms with Crippen LogP contribution in [0.4, 0.5) is 5.69 Å². The number of anilines is 1. The number of hydrogen-bond donors (Lipinski definition) is 3. The summed E-state index contributed by atoms with van der Waals surface area (Å²) < 4.78 is 3.35. The highest BCUT2D eigenvalue weighted by atomic mass is 32.2. The Kier molecular flexibility index (Phi) is 2.94. The van der Waals surface area contributed by atoms with Crippen LogP contribution in [0.3, 0.4) is 0 Å². The first-order valence-corrected chi connectivity index (χ1v) is 7.01. The third kappa shape index (κ3) is 2.19. The maximum atomic E-state index is 8.92. The van der Waals surface area contributed by atoms with E-state index in [1.165, 1.54) is 19.3 Å². The lowest BCUT2D eigenvalue weighted by atomic mass is 9.78. The van der Waals surface area contributed by atoms with E-state index in [-0.39, 0.29) is 11.8 Å². The average Bonchev–Trinajstić information content (AvgIpc) is 2.36. The summed E-state index contributed by atoms with van der Waals surface area (Å²) in [4.78, 5) is 1.13. The van der Waals surface area contributed by atoms with Crippen LogP contribution in [0.15, 0.2) is 23.1 Å². The number of fused-ring (bicyclic) bond motifs is 1. The smallest absolute Gasteiger partial charge is 0.142 e. The number of benzene rings is 1. The Hall–Kier alpha value is -1.22. The number of hydrogen-bond acceptors (Lipinski definition) is 5. The summed E-state index contributed by atoms with van der Waals surface area (Å²) in [5.74, 6) is 0. The van der Waals surface area contributed by atoms with Crippen LogP contribution >= 0.6 is 11.9 Å². The Morgan fingerprint density at radius 2 is 2.33 bits per heavy atom. The first kappa shape index (κ1) is 11.8. The van der Waals surface area contributed by atoms with Crippen molar-refractivity contribution in [3.63, 3.8) is 0 Å². The molecule has 1 heterocycles. The van der Waals surface area contributed by atoms with Crippen LogP contribution < -0.4 is 15.4 Å². The number of nitriles is 1. The summed E-state index contributed by atoms with van der Waals surface area (Å²) in [6.07, 6.45) is 3.81. The van der Waals surface area contributed by atoms with Crippen molar-refractivity contribution in [1.29, 1.82) is 5.26 Å². The topological polar surface area (TPSA) is 59.9 Å². The van der Waals surface area contributed by atoms with Gasteiger partial charge in [-0.15, -0.1) is 0 Å². The number of nitrogens with one attached hydrogen (secondary N) is 3. The van der Waals surface area contributed by atoms with Gasteiger partial charge in [0.25, 0.3) is 0 Å². The Labute approximate surface area is 111 Å². The predicted molar refractivity (Wildman–Crippen MR) is 73.0 cm³/mol. The summed E-state index contributed by atoms with van der Waals surface area (Å²) in [5, 5.41) is 15.9. The van der Waals surface area contributed by atoms with Gasteiger partial charge in [0.05, 0.1) is 17.3 Å². The highest BCUT2D eigenvalue weighted by Crippen LogP contribution is 2.34. The van der Waals surface area contributed by atoms with Crippen molar-refractivity contribution in [2.45, 2.75) is 42.9 Å². The van der Waals surface area contributed by atoms with Crippen LogP contribution in [0.5, 0.6) is 0 Å². The zero-order valence-corrected chi connectivity index (χ0v) is 11.1. The molecular weight excluding hydrogens is 244 g/mol. The molecule has 1 fully saturated rings. The third-order valence-electron chi connectivity index (χ3n) is 3.65. The van der Waals surface area contributed by atoms with E-state index in [0.29, 0.717) is 5.56 Å². The number of nitrogens with zero attached hydrogens (tertiary/aromatic N) is 1. The molecule has 94 valence electrons. The summed E-state index contributed by atoms with van der Waals surface area (Å²) in [5.41, 5.74) is 1.96. The molecule has 18 heavy (non-hydrogen) atoms. The van der Waals surface area contributed by atoms with E-state index in [0.717, 1.165) is 10.6 Å². The second-order valence-corrected chi connectivity index (χ2v) is 6.06. The summed E-state index contributed by atoms with van der Waals surface area (Å²) >= 11 is 1.61. The van der Waals surface area contributed by atoms with Crippen LogP contribution in [-0.2, 0) is 0 Å². The molecule has 0 amide bonds. The Balaban J connectivity index is 1.73. The van der Waals surface area contributed by atoms with Gasteiger partial charge in [0.2, 0.25) is 0 Å². The van der Waals surface area contributed by atoms with Crippen LogP contribution in [0.25, 0.3) is 0 Å². The van der Waals surface area contributed by atoms with Gasteiger partial charge in [0.1, 0.15) is 6.29 Å². The normalized spacial score (nSPS) is 24.3. The van der Waals surface area contributed by atoms with Crippen LogP contribution in [0, 0.1) is 11.3 Å². The molecule has 3 rings (SSSR count). The molecular formula is C13H16N4S. The minimum atomic E-state index is 0.0572. The largest absolute Gasteiger partial charge is 0.356 e. The van der Waals surface area contributed by atoms with Crippen molar-refractivity contribution in [3.8, 4) is 6.07 Å². The van der Waals surface area contributed by atoms with Crippen molar-refractivity contribution >= 4 is 17.6 Å². The van der Waals surface area contributed by atoms with Crippen molar-refractivity contribution in [1.82, 2.24) is 10.0 Å². The van der Waals surface area contributed by atoms with E-state index >= 15 is 0 Å². The maximum absolute atomic E-state index is 8.92. The fourth-order valence-corrected chi connectivity index (χ4v) is 3.10. The van der Waals surface area contributed by atoms with E-state index in [4.69, 9.17) is 5.26 Å². The quantitative estimate of drug-likeness (QED) is 0.713. The van der Waals surface area contributed by atoms with Gasteiger partial charge in [-0.25, -0.2) is 4.72 Å². The fourth-order valence-electron chi connectivity index (χ4n) is 2.37. The zero-order valence-electron chi connectivity index (χ0n) is 10.3. The highest BCUT2D eigenvalue weighted by Gasteiger charge is 2.34. The Bertz CT molecular complexity index is 504. The first-order chi connectivity index (χ1) is 8.68. The lowest BCUT2D eigenvalue weighted by Crippen LogP contribution is -2.59. The van der Waals surface area contributed by atoms with Crippen LogP contribution in [0.1, 0.15) is 31.7 Å². The molecule has 0 aromatic heterocycles. The van der Waals surface area contributed by atoms with Crippen molar-refractivity contribution < 1.29 is 0 Å². The lowest BCUT2D eigenvalue weighted by Gasteiger charge is -2.43. The molecule has 1 aliphatic carbocycles. The molecule has 4 nitrogen and oxygen atoms in total. The van der Waals surface area contributed by atoms with E-state index in [1.54, 1.807) is 11.9 Å². The molecule has 1 unspecified atom stereocenters. The van der Waals surface area contributed by atoms with E-state index < -0.39 is 0 Å². The van der Waals surface area contributed by atoms with Gasteiger partial charge >= 0.3 is 0 Å². The van der Waals surface area contributed by atoms with E-state index in [1.807, 2.05) is 18.2 Å². The second-order valence-electron chi connectivity index (χ2n) is 5.18. The minimum Gasteiger partial charge on any atom is -0.356 e. The Morgan fingerprint density at radius 3 is 3.00 bits per heavy atom. The number of rotatable bonds is 2. The monoisotopic (exact) mass is 260 g/mol. The SMILES string of the molecule is CC1(NC2NSc3ccc(C#N)cc3N2)CCC1. The van der Waals surface area contributed by atoms with Gasteiger partial charge in [-0.05, 0) is 56.3 Å². The van der Waals surface area contributed by atoms with Crippen molar-refractivity contribution in [2.75, 3.05) is 5.32 Å². The standard InChI is InChI=1S/C13H16N4S/c1-13(5-2-6-13)16-12-15-10-7-9(8-14)3-4-11(10)18-17-12/h3-4,7,12,15-17H,2,5-6H2,1H3. The molecule has 2 aliphatic rings. The molecule has 0 bridgehead atoms. The Morgan fingerprint density at radius 1 is 1.50 bits per heavy atom. The minimum absolute atomic E-state index is 0.0572. The maximum Gasteiger partial charge on any atom is 0.142 e. The van der Waals surface area contributed by atoms with Gasteiger partial charge < -0.3 is 5.32 Å². The molecule has 5 heteroatoms. The molecule has 1 aromatic rings. The lowest BCUT2D eigenvalue weighted by molar-refractivity contribution is 0.188. The van der Waals surface area contributed by atoms with E-state index in [2.05, 4.69) is 28.3 Å². The molecule has 1 atom stereocenters. The van der Waals surface area contributed by atoms with Gasteiger partial charge in [0.15, 0.2) is 0 Å². The molecule has 0 saturated heterocycles. The van der Waals surface area contributed by atoms with Crippen LogP contribution in [-0.4, -0.2) is 11.8 Å². The second kappa shape index (κ2) is 4.47. The van der Waals surface area contributed by atoms with Gasteiger partial charge in [-0.3, -0.25) is 5.32 Å². The first-order valence-electron chi connectivity index (χ1n) is 6.19. The van der Waals surface area contributed by atoms with Gasteiger partial charge in [-0.2, -0.15) is 5.26 Å². The van der Waals surface area contributed by atoms with E-state index in [9.17, 15) is 0 Å². The van der Waals surface area contributed by atoms with Crippen molar-refractivity contribution in [2.24, 2.45) is 0 Å². The third-order valence-corrected chi connectivity index (χ3v) is 4.57. The summed E-state index contributed by atoms with van der Waals surface area (Å²) in [6.45, 7) is 2.26. The van der Waals surface area contributed by atoms with Crippen LogP contribution in [0.2, 0.25) is 0 Å². The molecule has 1 aromatic carbocycles. The predicted octanol–water partition coefficient (Wildman–Crippen LogP) is 2.40. The fraction of sp³-hybridized carbons (Fsp3) is 0.462. The summed E-state index contributed by atoms with van der Waals surface area (Å²) in [6, 6.07) is 7.89. The van der Waals surface area contributed by atoms with Crippen molar-refractivity contribution in [3.05, 3.63) is 23.8 Å². The molecule has 0 spiro atoms. The highest BCUT2D eigenvalue weighted by molar-refractivity contribution is 7.97. The molecule has 1 aliphatic heterocycles. The molecule has 3 N–H and O–H groups in total. The summed E-state index contributed by atoms with van der Waals surface area (Å²) in [7, 11) is 0. The molecule has 0 radical (unpaired) electrons. The average molecular weight is 260 g/mol. The van der Waals surface area contributed by atoms with Gasteiger partial charge in [0, 0.05) is 10.4 Å².